The van der Waals surface area contributed by atoms with E-state index in [0.717, 1.165) is 41.6 Å². The molecule has 0 spiro atoms. The normalized spacial score (nSPS) is 17.5. The SMILES string of the molecule is CN(C)c1cc(-n2c(=O)n(CC3CCC(NC(=O)c4cc(Cl)cnc4C(F)F)CC3)c3ccccc32)ccn1. The van der Waals surface area contributed by atoms with Gasteiger partial charge < -0.3 is 10.2 Å². The lowest BCUT2D eigenvalue weighted by Gasteiger charge is -2.29. The second-order valence-corrected chi connectivity index (χ2v) is 10.5. The standard InChI is InChI=1S/C28H29ClF2N6O2/c1-35(2)24-14-20(11-12-32-24)37-23-6-4-3-5-22(23)36(28(37)39)16-17-7-9-19(10-8-17)34-27(38)21-13-18(29)15-33-25(21)26(30)31/h3-6,11-15,17,19,26H,7-10,16H2,1-2H3,(H,34,38). The number of benzene rings is 1. The molecular formula is C28H29ClF2N6O2. The summed E-state index contributed by atoms with van der Waals surface area (Å²) in [5, 5.41) is 3.00. The number of amides is 1. The summed E-state index contributed by atoms with van der Waals surface area (Å²) in [6.45, 7) is 0.548. The molecule has 39 heavy (non-hydrogen) atoms. The van der Waals surface area contributed by atoms with Crippen LogP contribution in [0.2, 0.25) is 5.02 Å². The number of rotatable bonds is 7. The van der Waals surface area contributed by atoms with Crippen molar-refractivity contribution in [1.82, 2.24) is 24.4 Å². The van der Waals surface area contributed by atoms with Gasteiger partial charge in [-0.1, -0.05) is 23.7 Å². The summed E-state index contributed by atoms with van der Waals surface area (Å²) in [5.41, 5.74) is 1.54. The van der Waals surface area contributed by atoms with Crippen LogP contribution in [0.4, 0.5) is 14.6 Å². The molecule has 1 aromatic carbocycles. The van der Waals surface area contributed by atoms with Gasteiger partial charge in [0.05, 0.1) is 27.3 Å². The number of carbonyl (C=O) groups is 1. The number of imidazole rings is 1. The number of nitrogens with zero attached hydrogens (tertiary/aromatic N) is 5. The number of hydrogen-bond acceptors (Lipinski definition) is 5. The van der Waals surface area contributed by atoms with Crippen molar-refractivity contribution in [2.45, 2.75) is 44.7 Å². The molecule has 11 heteroatoms. The number of anilines is 1. The van der Waals surface area contributed by atoms with E-state index in [0.29, 0.717) is 19.4 Å². The molecule has 204 valence electrons. The predicted molar refractivity (Wildman–Crippen MR) is 147 cm³/mol. The van der Waals surface area contributed by atoms with E-state index < -0.39 is 18.0 Å². The van der Waals surface area contributed by atoms with Crippen molar-refractivity contribution < 1.29 is 13.6 Å². The Morgan fingerprint density at radius 2 is 1.82 bits per heavy atom. The lowest BCUT2D eigenvalue weighted by atomic mass is 9.85. The van der Waals surface area contributed by atoms with Crippen LogP contribution in [0.25, 0.3) is 16.7 Å². The number of carbonyl (C=O) groups excluding carboxylic acids is 1. The number of hydrogen-bond donors (Lipinski definition) is 1. The van der Waals surface area contributed by atoms with Crippen molar-refractivity contribution in [1.29, 1.82) is 0 Å². The van der Waals surface area contributed by atoms with E-state index in [2.05, 4.69) is 15.3 Å². The molecule has 0 radical (unpaired) electrons. The molecule has 0 bridgehead atoms. The molecule has 0 aliphatic heterocycles. The first kappa shape index (κ1) is 26.8. The highest BCUT2D eigenvalue weighted by atomic mass is 35.5. The van der Waals surface area contributed by atoms with Gasteiger partial charge in [-0.3, -0.25) is 18.9 Å². The molecule has 1 fully saturated rings. The van der Waals surface area contributed by atoms with E-state index in [1.165, 1.54) is 6.07 Å². The van der Waals surface area contributed by atoms with Crippen LogP contribution in [0.3, 0.4) is 0 Å². The highest BCUT2D eigenvalue weighted by Gasteiger charge is 2.27. The van der Waals surface area contributed by atoms with Gasteiger partial charge in [-0.15, -0.1) is 0 Å². The molecular weight excluding hydrogens is 526 g/mol. The lowest BCUT2D eigenvalue weighted by Crippen LogP contribution is -2.39. The summed E-state index contributed by atoms with van der Waals surface area (Å²) >= 11 is 5.90. The zero-order chi connectivity index (χ0) is 27.7. The average Bonchev–Trinajstić information content (AvgIpc) is 3.20. The number of para-hydroxylation sites is 2. The predicted octanol–water partition coefficient (Wildman–Crippen LogP) is 5.23. The maximum absolute atomic E-state index is 13.7. The van der Waals surface area contributed by atoms with Crippen molar-refractivity contribution in [3.8, 4) is 5.69 Å². The average molecular weight is 555 g/mol. The first-order valence-corrected chi connectivity index (χ1v) is 13.2. The van der Waals surface area contributed by atoms with Gasteiger partial charge >= 0.3 is 5.69 Å². The number of halogens is 3. The van der Waals surface area contributed by atoms with Crippen LogP contribution in [0.5, 0.6) is 0 Å². The van der Waals surface area contributed by atoms with Crippen LogP contribution >= 0.6 is 11.6 Å². The molecule has 1 saturated carbocycles. The van der Waals surface area contributed by atoms with Gasteiger partial charge in [-0.2, -0.15) is 0 Å². The molecule has 0 unspecified atom stereocenters. The van der Waals surface area contributed by atoms with Crippen LogP contribution in [0.1, 0.15) is 48.2 Å². The zero-order valence-corrected chi connectivity index (χ0v) is 22.4. The topological polar surface area (TPSA) is 85.0 Å². The Kier molecular flexibility index (Phi) is 7.65. The van der Waals surface area contributed by atoms with Crippen molar-refractivity contribution in [2.24, 2.45) is 5.92 Å². The van der Waals surface area contributed by atoms with Gasteiger partial charge in [-0.25, -0.2) is 18.6 Å². The van der Waals surface area contributed by atoms with E-state index in [1.807, 2.05) is 60.0 Å². The van der Waals surface area contributed by atoms with Gasteiger partial charge in [0.2, 0.25) is 0 Å². The molecule has 0 atom stereocenters. The maximum atomic E-state index is 13.7. The highest BCUT2D eigenvalue weighted by molar-refractivity contribution is 6.30. The van der Waals surface area contributed by atoms with E-state index in [-0.39, 0.29) is 28.2 Å². The largest absolute Gasteiger partial charge is 0.363 e. The highest BCUT2D eigenvalue weighted by Crippen LogP contribution is 2.29. The lowest BCUT2D eigenvalue weighted by molar-refractivity contribution is 0.0904. The van der Waals surface area contributed by atoms with Crippen LogP contribution in [0, 0.1) is 5.92 Å². The fourth-order valence-corrected chi connectivity index (χ4v) is 5.40. The third kappa shape index (κ3) is 5.52. The Morgan fingerprint density at radius 3 is 2.51 bits per heavy atom. The number of aromatic nitrogens is 4. The van der Waals surface area contributed by atoms with Crippen molar-refractivity contribution in [3.63, 3.8) is 0 Å². The van der Waals surface area contributed by atoms with E-state index >= 15 is 0 Å². The third-order valence-corrected chi connectivity index (χ3v) is 7.45. The summed E-state index contributed by atoms with van der Waals surface area (Å²) < 4.78 is 30.2. The molecule has 3 aromatic heterocycles. The molecule has 3 heterocycles. The Morgan fingerprint density at radius 1 is 1.10 bits per heavy atom. The van der Waals surface area contributed by atoms with E-state index in [4.69, 9.17) is 11.6 Å². The molecule has 1 aliphatic carbocycles. The molecule has 4 aromatic rings. The first-order valence-electron chi connectivity index (χ1n) is 12.8. The number of pyridine rings is 2. The number of fused-ring (bicyclic) bond motifs is 1. The van der Waals surface area contributed by atoms with E-state index in [1.54, 1.807) is 10.8 Å². The Labute approximate surface area is 229 Å². The van der Waals surface area contributed by atoms with Crippen LogP contribution < -0.4 is 15.9 Å². The fraction of sp³-hybridized carbons (Fsp3) is 0.357. The monoisotopic (exact) mass is 554 g/mol. The second-order valence-electron chi connectivity index (χ2n) is 10.1. The molecule has 8 nitrogen and oxygen atoms in total. The second kappa shape index (κ2) is 11.1. The molecule has 5 rings (SSSR count). The van der Waals surface area contributed by atoms with Gasteiger partial charge in [0.25, 0.3) is 12.3 Å². The van der Waals surface area contributed by atoms with E-state index in [9.17, 15) is 18.4 Å². The minimum absolute atomic E-state index is 0.115. The minimum Gasteiger partial charge on any atom is -0.363 e. The quantitative estimate of drug-likeness (QED) is 0.338. The fourth-order valence-electron chi connectivity index (χ4n) is 5.24. The molecule has 1 aliphatic rings. The van der Waals surface area contributed by atoms with Crippen molar-refractivity contribution in [3.05, 3.63) is 81.6 Å². The summed E-state index contributed by atoms with van der Waals surface area (Å²) in [5.74, 6) is 0.387. The Bertz CT molecular complexity index is 1560. The Hall–Kier alpha value is -3.79. The van der Waals surface area contributed by atoms with Gasteiger partial charge in [0.15, 0.2) is 0 Å². The maximum Gasteiger partial charge on any atom is 0.333 e. The Balaban J connectivity index is 1.31. The van der Waals surface area contributed by atoms with Crippen molar-refractivity contribution >= 4 is 34.4 Å². The number of alkyl halides is 2. The van der Waals surface area contributed by atoms with Crippen LogP contribution in [-0.2, 0) is 6.54 Å². The minimum atomic E-state index is -2.87. The molecule has 1 N–H and O–H groups in total. The van der Waals surface area contributed by atoms with Gasteiger partial charge in [0.1, 0.15) is 11.5 Å². The number of nitrogens with one attached hydrogen (secondary N) is 1. The summed E-state index contributed by atoms with van der Waals surface area (Å²) in [4.78, 5) is 36.3. The van der Waals surface area contributed by atoms with Crippen LogP contribution in [-0.4, -0.2) is 45.1 Å². The molecule has 0 saturated heterocycles. The summed E-state index contributed by atoms with van der Waals surface area (Å²) in [6, 6.07) is 12.5. The summed E-state index contributed by atoms with van der Waals surface area (Å²) in [7, 11) is 3.81. The molecule has 1 amide bonds. The van der Waals surface area contributed by atoms with Gasteiger partial charge in [0, 0.05) is 45.1 Å². The van der Waals surface area contributed by atoms with Gasteiger partial charge in [-0.05, 0) is 55.9 Å². The third-order valence-electron chi connectivity index (χ3n) is 7.24. The first-order chi connectivity index (χ1) is 18.7. The zero-order valence-electron chi connectivity index (χ0n) is 21.7. The van der Waals surface area contributed by atoms with Crippen LogP contribution in [0.15, 0.2) is 59.7 Å². The van der Waals surface area contributed by atoms with Crippen molar-refractivity contribution in [2.75, 3.05) is 19.0 Å². The smallest absolute Gasteiger partial charge is 0.333 e. The summed E-state index contributed by atoms with van der Waals surface area (Å²) in [6.07, 6.45) is 2.86.